The molecule has 42 heavy (non-hydrogen) atoms. The van der Waals surface area contributed by atoms with E-state index >= 15 is 4.39 Å². The number of likely N-dealkylation sites (tertiary alicyclic amines) is 1. The van der Waals surface area contributed by atoms with Crippen molar-refractivity contribution >= 4 is 33.2 Å². The van der Waals surface area contributed by atoms with Crippen molar-refractivity contribution < 1.29 is 18.7 Å². The van der Waals surface area contributed by atoms with Crippen LogP contribution in [0.1, 0.15) is 51.1 Å². The summed E-state index contributed by atoms with van der Waals surface area (Å²) in [7, 11) is 0. The van der Waals surface area contributed by atoms with Gasteiger partial charge in [-0.1, -0.05) is 31.2 Å². The molecule has 0 radical (unpaired) electrons. The highest BCUT2D eigenvalue weighted by Crippen LogP contribution is 2.36. The fourth-order valence-corrected chi connectivity index (χ4v) is 6.21. The predicted octanol–water partition coefficient (Wildman–Crippen LogP) is 6.17. The van der Waals surface area contributed by atoms with Gasteiger partial charge in [-0.3, -0.25) is 24.0 Å². The van der Waals surface area contributed by atoms with Gasteiger partial charge in [0.2, 0.25) is 0 Å². The molecule has 0 bridgehead atoms. The Morgan fingerprint density at radius 2 is 1.83 bits per heavy atom. The standard InChI is InChI=1S/C32H29FN4O4S/c1-3-14-36-20(2)29(32(40)37(36)22-8-5-4-6-9-22)25(38)18-21-10-11-26(23(33)17-21)41-27-12-13-34-24-19-28(42-30(24)27)31(39)35-15-7-16-35/h4-6,8-13,17,19H,3,7,14-16,18H2,1-2H3. The normalized spacial score (nSPS) is 12.9. The van der Waals surface area contributed by atoms with E-state index in [9.17, 15) is 14.4 Å². The second-order valence-corrected chi connectivity index (χ2v) is 11.3. The highest BCUT2D eigenvalue weighted by molar-refractivity contribution is 7.21. The Morgan fingerprint density at radius 1 is 1.05 bits per heavy atom. The van der Waals surface area contributed by atoms with Gasteiger partial charge in [-0.25, -0.2) is 9.07 Å². The van der Waals surface area contributed by atoms with Crippen LogP contribution in [0.15, 0.2) is 71.7 Å². The van der Waals surface area contributed by atoms with E-state index in [1.54, 1.807) is 36.2 Å². The molecule has 6 rings (SSSR count). The fourth-order valence-electron chi connectivity index (χ4n) is 5.18. The van der Waals surface area contributed by atoms with Gasteiger partial charge in [-0.2, -0.15) is 0 Å². The van der Waals surface area contributed by atoms with Crippen molar-refractivity contribution in [3.8, 4) is 17.2 Å². The minimum atomic E-state index is -0.638. The molecule has 0 saturated carbocycles. The largest absolute Gasteiger partial charge is 0.453 e. The molecule has 2 aromatic carbocycles. The minimum absolute atomic E-state index is 0.0144. The lowest BCUT2D eigenvalue weighted by Crippen LogP contribution is -2.41. The van der Waals surface area contributed by atoms with E-state index in [2.05, 4.69) is 4.98 Å². The Balaban J connectivity index is 1.24. The Hall–Kier alpha value is -4.57. The highest BCUT2D eigenvalue weighted by Gasteiger charge is 2.25. The average Bonchev–Trinajstić information content (AvgIpc) is 3.49. The van der Waals surface area contributed by atoms with Crippen LogP contribution in [0.5, 0.6) is 11.5 Å². The first-order valence-electron chi connectivity index (χ1n) is 13.9. The molecular weight excluding hydrogens is 555 g/mol. The molecule has 4 heterocycles. The summed E-state index contributed by atoms with van der Waals surface area (Å²) in [6.45, 7) is 5.84. The molecule has 0 spiro atoms. The van der Waals surface area contributed by atoms with E-state index in [1.807, 2.05) is 41.9 Å². The van der Waals surface area contributed by atoms with Crippen LogP contribution in [0, 0.1) is 12.7 Å². The quantitative estimate of drug-likeness (QED) is 0.194. The van der Waals surface area contributed by atoms with Crippen molar-refractivity contribution in [2.45, 2.75) is 39.7 Å². The number of amides is 1. The van der Waals surface area contributed by atoms with Gasteiger partial charge in [0.05, 0.1) is 20.8 Å². The van der Waals surface area contributed by atoms with Crippen LogP contribution in [0.4, 0.5) is 4.39 Å². The summed E-state index contributed by atoms with van der Waals surface area (Å²) < 4.78 is 25.2. The number of thiophene rings is 1. The molecule has 1 aliphatic rings. The van der Waals surface area contributed by atoms with Crippen LogP contribution in [-0.2, 0) is 13.0 Å². The van der Waals surface area contributed by atoms with Crippen LogP contribution in [0.25, 0.3) is 15.9 Å². The van der Waals surface area contributed by atoms with Gasteiger partial charge >= 0.3 is 0 Å². The molecule has 1 fully saturated rings. The van der Waals surface area contributed by atoms with Gasteiger partial charge in [-0.05, 0) is 55.7 Å². The van der Waals surface area contributed by atoms with Crippen LogP contribution in [-0.4, -0.2) is 44.0 Å². The number of hydrogen-bond acceptors (Lipinski definition) is 6. The van der Waals surface area contributed by atoms with E-state index in [0.29, 0.717) is 44.3 Å². The minimum Gasteiger partial charge on any atom is -0.453 e. The third-order valence-electron chi connectivity index (χ3n) is 7.42. The molecule has 0 unspecified atom stereocenters. The van der Waals surface area contributed by atoms with Crippen LogP contribution < -0.4 is 10.3 Å². The lowest BCUT2D eigenvalue weighted by atomic mass is 10.0. The van der Waals surface area contributed by atoms with Crippen molar-refractivity contribution in [2.75, 3.05) is 13.1 Å². The molecule has 0 N–H and O–H groups in total. The first-order chi connectivity index (χ1) is 20.4. The summed E-state index contributed by atoms with van der Waals surface area (Å²) in [6, 6.07) is 16.9. The molecule has 1 saturated heterocycles. The lowest BCUT2D eigenvalue weighted by Gasteiger charge is -2.30. The fraction of sp³-hybridized carbons (Fsp3) is 0.250. The number of nitrogens with zero attached hydrogens (tertiary/aromatic N) is 4. The van der Waals surface area contributed by atoms with Crippen molar-refractivity contribution in [3.05, 3.63) is 105 Å². The first-order valence-corrected chi connectivity index (χ1v) is 14.7. The number of carbonyl (C=O) groups is 2. The maximum Gasteiger partial charge on any atom is 0.282 e. The zero-order valence-electron chi connectivity index (χ0n) is 23.3. The first kappa shape index (κ1) is 27.6. The number of rotatable bonds is 9. The molecule has 5 aromatic rings. The molecule has 1 amide bonds. The average molecular weight is 585 g/mol. The van der Waals surface area contributed by atoms with Crippen LogP contribution in [0.2, 0.25) is 0 Å². The number of ether oxygens (including phenoxy) is 1. The zero-order chi connectivity index (χ0) is 29.4. The third kappa shape index (κ3) is 5.02. The smallest absolute Gasteiger partial charge is 0.282 e. The number of carbonyl (C=O) groups excluding carboxylic acids is 2. The van der Waals surface area contributed by atoms with Crippen molar-refractivity contribution in [3.63, 3.8) is 0 Å². The van der Waals surface area contributed by atoms with Gasteiger partial charge in [0.15, 0.2) is 17.3 Å². The summed E-state index contributed by atoms with van der Waals surface area (Å²) in [6.07, 6.45) is 3.21. The second kappa shape index (κ2) is 11.4. The topological polar surface area (TPSA) is 86.4 Å². The Morgan fingerprint density at radius 3 is 2.52 bits per heavy atom. The molecule has 3 aromatic heterocycles. The van der Waals surface area contributed by atoms with Gasteiger partial charge in [0, 0.05) is 44.0 Å². The van der Waals surface area contributed by atoms with Gasteiger partial charge < -0.3 is 9.64 Å². The summed E-state index contributed by atoms with van der Waals surface area (Å²) >= 11 is 1.27. The number of benzene rings is 2. The predicted molar refractivity (Wildman–Crippen MR) is 160 cm³/mol. The maximum absolute atomic E-state index is 15.3. The summed E-state index contributed by atoms with van der Waals surface area (Å²) in [5, 5.41) is 0. The van der Waals surface area contributed by atoms with Gasteiger partial charge in [-0.15, -0.1) is 11.3 Å². The Kier molecular flexibility index (Phi) is 7.47. The molecule has 214 valence electrons. The lowest BCUT2D eigenvalue weighted by molar-refractivity contribution is 0.0657. The number of aromatic nitrogens is 3. The van der Waals surface area contributed by atoms with E-state index < -0.39 is 5.82 Å². The van der Waals surface area contributed by atoms with Crippen LogP contribution >= 0.6 is 11.3 Å². The van der Waals surface area contributed by atoms with Gasteiger partial charge in [0.1, 0.15) is 11.3 Å². The second-order valence-electron chi connectivity index (χ2n) is 10.3. The molecule has 0 aliphatic carbocycles. The number of para-hydroxylation sites is 1. The van der Waals surface area contributed by atoms with Crippen molar-refractivity contribution in [1.29, 1.82) is 0 Å². The number of fused-ring (bicyclic) bond motifs is 1. The Bertz CT molecular complexity index is 1870. The molecule has 10 heteroatoms. The van der Waals surface area contributed by atoms with Gasteiger partial charge in [0.25, 0.3) is 11.5 Å². The summed E-state index contributed by atoms with van der Waals surface area (Å²) in [5.41, 5.74) is 2.02. The number of hydrogen-bond donors (Lipinski definition) is 0. The Labute approximate surface area is 245 Å². The molecular formula is C32H29FN4O4S. The number of ketones is 1. The highest BCUT2D eigenvalue weighted by atomic mass is 32.1. The number of halogens is 1. The molecule has 8 nitrogen and oxygen atoms in total. The summed E-state index contributed by atoms with van der Waals surface area (Å²) in [4.78, 5) is 46.2. The molecule has 1 aliphatic heterocycles. The van der Waals surface area contributed by atoms with E-state index in [0.717, 1.165) is 25.9 Å². The maximum atomic E-state index is 15.3. The van der Waals surface area contributed by atoms with E-state index in [-0.39, 0.29) is 35.0 Å². The van der Waals surface area contributed by atoms with Crippen molar-refractivity contribution in [2.24, 2.45) is 0 Å². The number of pyridine rings is 1. The van der Waals surface area contributed by atoms with Crippen LogP contribution in [0.3, 0.4) is 0 Å². The number of Topliss-reactive ketones (excluding diaryl/α,β-unsaturated/α-hetero) is 1. The zero-order valence-corrected chi connectivity index (χ0v) is 24.1. The van der Waals surface area contributed by atoms with E-state index in [4.69, 9.17) is 4.74 Å². The monoisotopic (exact) mass is 584 g/mol. The van der Waals surface area contributed by atoms with E-state index in [1.165, 1.54) is 28.2 Å². The molecule has 0 atom stereocenters. The van der Waals surface area contributed by atoms with Crippen molar-refractivity contribution in [1.82, 2.24) is 19.2 Å². The third-order valence-corrected chi connectivity index (χ3v) is 8.55. The summed E-state index contributed by atoms with van der Waals surface area (Å²) in [5.74, 6) is -0.671. The SMILES string of the molecule is CCCn1c(C)c(C(=O)Cc2ccc(Oc3ccnc4cc(C(=O)N5CCC5)sc34)c(F)c2)c(=O)n1-c1ccccc1.